The third-order valence-corrected chi connectivity index (χ3v) is 4.81. The third kappa shape index (κ3) is 3.19. The number of amides is 1. The summed E-state index contributed by atoms with van der Waals surface area (Å²) in [4.78, 5) is 26.2. The molecule has 0 aliphatic heterocycles. The van der Waals surface area contributed by atoms with Crippen LogP contribution in [0, 0.1) is 0 Å². The molecule has 3 rings (SSSR count). The summed E-state index contributed by atoms with van der Waals surface area (Å²) in [6.07, 6.45) is 2.34. The molecule has 0 saturated carbocycles. The van der Waals surface area contributed by atoms with Gasteiger partial charge in [-0.25, -0.2) is 0 Å². The molecule has 24 heavy (non-hydrogen) atoms. The van der Waals surface area contributed by atoms with Crippen molar-refractivity contribution >= 4 is 28.1 Å². The fourth-order valence-corrected chi connectivity index (χ4v) is 3.32. The lowest BCUT2D eigenvalue weighted by Crippen LogP contribution is -2.31. The molecule has 2 heterocycles. The zero-order chi connectivity index (χ0) is 17.1. The van der Waals surface area contributed by atoms with Gasteiger partial charge in [-0.05, 0) is 36.1 Å². The van der Waals surface area contributed by atoms with Crippen molar-refractivity contribution < 1.29 is 9.53 Å². The fraction of sp³-hybridized carbons (Fsp3) is 0.222. The molecule has 0 spiro atoms. The molecule has 0 radical (unpaired) electrons. The van der Waals surface area contributed by atoms with Crippen molar-refractivity contribution in [3.8, 4) is 5.75 Å². The zero-order valence-electron chi connectivity index (χ0n) is 13.5. The normalized spacial score (nSPS) is 10.8. The largest absolute Gasteiger partial charge is 0.497 e. The zero-order valence-corrected chi connectivity index (χ0v) is 14.4. The minimum absolute atomic E-state index is 0.143. The maximum absolute atomic E-state index is 12.7. The Hall–Kier alpha value is -2.60. The molecule has 124 valence electrons. The molecular weight excluding hydrogens is 324 g/mol. The number of aromatic nitrogens is 1. The van der Waals surface area contributed by atoms with Gasteiger partial charge >= 0.3 is 0 Å². The number of hydrogen-bond donors (Lipinski definition) is 1. The Labute approximate surface area is 143 Å². The third-order valence-electron chi connectivity index (χ3n) is 3.88. The van der Waals surface area contributed by atoms with E-state index < -0.39 is 0 Å². The van der Waals surface area contributed by atoms with E-state index in [4.69, 9.17) is 4.74 Å². The van der Waals surface area contributed by atoms with Crippen LogP contribution in [0.1, 0.15) is 15.2 Å². The second kappa shape index (κ2) is 6.88. The lowest BCUT2D eigenvalue weighted by Gasteiger charge is -2.10. The van der Waals surface area contributed by atoms with Gasteiger partial charge in [0.2, 0.25) is 5.43 Å². The molecule has 3 aromatic rings. The number of thiophene rings is 1. The van der Waals surface area contributed by atoms with E-state index in [1.807, 2.05) is 30.6 Å². The molecule has 1 N–H and O–H groups in total. The summed E-state index contributed by atoms with van der Waals surface area (Å²) in [6, 6.07) is 9.28. The first-order valence-corrected chi connectivity index (χ1v) is 8.46. The highest BCUT2D eigenvalue weighted by Gasteiger charge is 2.14. The molecule has 6 heteroatoms. The summed E-state index contributed by atoms with van der Waals surface area (Å²) in [7, 11) is 3.36. The molecule has 0 unspecified atom stereocenters. The van der Waals surface area contributed by atoms with Gasteiger partial charge in [-0.1, -0.05) is 6.07 Å². The monoisotopic (exact) mass is 342 g/mol. The van der Waals surface area contributed by atoms with E-state index in [1.54, 1.807) is 41.3 Å². The van der Waals surface area contributed by atoms with Gasteiger partial charge in [-0.2, -0.15) is 0 Å². The Balaban J connectivity index is 1.86. The molecule has 0 aliphatic carbocycles. The highest BCUT2D eigenvalue weighted by molar-refractivity contribution is 7.09. The maximum Gasteiger partial charge on any atom is 0.256 e. The average Bonchev–Trinajstić information content (AvgIpc) is 3.11. The van der Waals surface area contributed by atoms with Gasteiger partial charge in [0.15, 0.2) is 0 Å². The number of aryl methyl sites for hydroxylation is 1. The Bertz CT molecular complexity index is 929. The van der Waals surface area contributed by atoms with Crippen LogP contribution in [0.15, 0.2) is 46.7 Å². The van der Waals surface area contributed by atoms with Crippen LogP contribution in [0.25, 0.3) is 10.9 Å². The average molecular weight is 342 g/mol. The molecule has 0 aliphatic rings. The number of ether oxygens (including phenoxy) is 1. The van der Waals surface area contributed by atoms with E-state index in [0.717, 1.165) is 11.9 Å². The summed E-state index contributed by atoms with van der Waals surface area (Å²) in [5, 5.41) is 5.30. The lowest BCUT2D eigenvalue weighted by molar-refractivity contribution is 0.0952. The maximum atomic E-state index is 12.7. The second-order valence-electron chi connectivity index (χ2n) is 5.45. The molecule has 5 nitrogen and oxygen atoms in total. The minimum Gasteiger partial charge on any atom is -0.497 e. The number of nitrogens with zero attached hydrogens (tertiary/aromatic N) is 1. The van der Waals surface area contributed by atoms with Crippen molar-refractivity contribution in [1.82, 2.24) is 9.88 Å². The topological polar surface area (TPSA) is 60.3 Å². The molecule has 0 atom stereocenters. The van der Waals surface area contributed by atoms with E-state index in [9.17, 15) is 9.59 Å². The smallest absolute Gasteiger partial charge is 0.256 e. The molecule has 0 fully saturated rings. The van der Waals surface area contributed by atoms with Crippen LogP contribution in [0.5, 0.6) is 5.75 Å². The Morgan fingerprint density at radius 2 is 2.17 bits per heavy atom. The number of benzene rings is 1. The number of methoxy groups -OCH3 is 1. The van der Waals surface area contributed by atoms with Crippen LogP contribution in [0.2, 0.25) is 0 Å². The molecule has 2 aromatic heterocycles. The van der Waals surface area contributed by atoms with Crippen molar-refractivity contribution in [3.05, 3.63) is 62.6 Å². The fourth-order valence-electron chi connectivity index (χ4n) is 2.61. The number of fused-ring (bicyclic) bond motifs is 1. The predicted molar refractivity (Wildman–Crippen MR) is 96.1 cm³/mol. The molecular formula is C18H18N2O3S. The van der Waals surface area contributed by atoms with Crippen LogP contribution in [-0.2, 0) is 13.5 Å². The summed E-state index contributed by atoms with van der Waals surface area (Å²) in [5.41, 5.74) is 0.621. The van der Waals surface area contributed by atoms with E-state index in [1.165, 1.54) is 4.88 Å². The number of pyridine rings is 1. The van der Waals surface area contributed by atoms with Crippen LogP contribution >= 0.6 is 11.3 Å². The van der Waals surface area contributed by atoms with Gasteiger partial charge in [0.25, 0.3) is 5.91 Å². The number of hydrogen-bond acceptors (Lipinski definition) is 4. The van der Waals surface area contributed by atoms with Gasteiger partial charge < -0.3 is 14.6 Å². The summed E-state index contributed by atoms with van der Waals surface area (Å²) in [6.45, 7) is 0.499. The minimum atomic E-state index is -0.350. The van der Waals surface area contributed by atoms with Gasteiger partial charge in [-0.15, -0.1) is 11.3 Å². The molecule has 0 bridgehead atoms. The van der Waals surface area contributed by atoms with Gasteiger partial charge in [0.05, 0.1) is 18.0 Å². The number of nitrogens with one attached hydrogen (secondary N) is 1. The van der Waals surface area contributed by atoms with Crippen molar-refractivity contribution in [3.63, 3.8) is 0 Å². The Morgan fingerprint density at radius 3 is 2.88 bits per heavy atom. The second-order valence-corrected chi connectivity index (χ2v) is 6.48. The van der Waals surface area contributed by atoms with Gasteiger partial charge in [-0.3, -0.25) is 9.59 Å². The first-order valence-electron chi connectivity index (χ1n) is 7.58. The highest BCUT2D eigenvalue weighted by Crippen LogP contribution is 2.18. The first-order chi connectivity index (χ1) is 11.6. The quantitative estimate of drug-likeness (QED) is 0.775. The Morgan fingerprint density at radius 1 is 1.33 bits per heavy atom. The van der Waals surface area contributed by atoms with E-state index in [-0.39, 0.29) is 16.9 Å². The number of carbonyl (C=O) groups excluding carboxylic acids is 1. The van der Waals surface area contributed by atoms with Crippen LogP contribution in [-0.4, -0.2) is 24.1 Å². The number of carbonyl (C=O) groups is 1. The molecule has 1 amide bonds. The number of rotatable bonds is 5. The van der Waals surface area contributed by atoms with Gasteiger partial charge in [0, 0.05) is 24.7 Å². The van der Waals surface area contributed by atoms with Crippen LogP contribution in [0.4, 0.5) is 0 Å². The van der Waals surface area contributed by atoms with E-state index in [2.05, 4.69) is 5.32 Å². The van der Waals surface area contributed by atoms with Crippen molar-refractivity contribution in [2.24, 2.45) is 7.05 Å². The summed E-state index contributed by atoms with van der Waals surface area (Å²) in [5.74, 6) is 0.242. The van der Waals surface area contributed by atoms with Gasteiger partial charge in [0.1, 0.15) is 11.3 Å². The van der Waals surface area contributed by atoms with E-state index in [0.29, 0.717) is 17.7 Å². The van der Waals surface area contributed by atoms with Crippen LogP contribution in [0.3, 0.4) is 0 Å². The van der Waals surface area contributed by atoms with E-state index >= 15 is 0 Å². The highest BCUT2D eigenvalue weighted by atomic mass is 32.1. The summed E-state index contributed by atoms with van der Waals surface area (Å²) >= 11 is 1.65. The van der Waals surface area contributed by atoms with Crippen molar-refractivity contribution in [2.75, 3.05) is 13.7 Å². The summed E-state index contributed by atoms with van der Waals surface area (Å²) < 4.78 is 6.96. The molecule has 0 saturated heterocycles. The van der Waals surface area contributed by atoms with Crippen molar-refractivity contribution in [1.29, 1.82) is 0 Å². The molecule has 1 aromatic carbocycles. The standard InChI is InChI=1S/C18H18N2O3S/c1-20-11-15(18(22)19-8-7-13-4-3-9-24-13)17(21)14-10-12(23-2)5-6-16(14)20/h3-6,9-11H,7-8H2,1-2H3,(H,19,22). The predicted octanol–water partition coefficient (Wildman–Crippen LogP) is 2.58. The Kier molecular flexibility index (Phi) is 4.66. The van der Waals surface area contributed by atoms with Crippen molar-refractivity contribution in [2.45, 2.75) is 6.42 Å². The lowest BCUT2D eigenvalue weighted by atomic mass is 10.1. The van der Waals surface area contributed by atoms with Crippen LogP contribution < -0.4 is 15.5 Å². The SMILES string of the molecule is COc1ccc2c(c1)c(=O)c(C(=O)NCCc1cccs1)cn2C. The first kappa shape index (κ1) is 16.3.